The van der Waals surface area contributed by atoms with Crippen LogP contribution < -0.4 is 16.4 Å². The second-order valence-corrected chi connectivity index (χ2v) is 7.49. The van der Waals surface area contributed by atoms with Crippen LogP contribution in [0.15, 0.2) is 70.2 Å². The molecule has 2 heterocycles. The lowest BCUT2D eigenvalue weighted by Gasteiger charge is -2.11. The Hall–Kier alpha value is -3.79. The molecule has 0 unspecified atom stereocenters. The monoisotopic (exact) mass is 480 g/mol. The van der Waals surface area contributed by atoms with E-state index in [2.05, 4.69) is 37.0 Å². The lowest BCUT2D eigenvalue weighted by molar-refractivity contribution is 0.0843. The summed E-state index contributed by atoms with van der Waals surface area (Å²) >= 11 is 3.34. The molecule has 2 aromatic carbocycles. The zero-order valence-electron chi connectivity index (χ0n) is 16.4. The first-order valence-corrected chi connectivity index (χ1v) is 10.2. The molecule has 10 heteroatoms. The van der Waals surface area contributed by atoms with Gasteiger partial charge in [-0.15, -0.1) is 0 Å². The molecule has 31 heavy (non-hydrogen) atoms. The molecular weight excluding hydrogens is 464 g/mol. The predicted molar refractivity (Wildman–Crippen MR) is 118 cm³/mol. The van der Waals surface area contributed by atoms with Crippen LogP contribution in [0.3, 0.4) is 0 Å². The fourth-order valence-electron chi connectivity index (χ4n) is 3.07. The maximum Gasteiger partial charge on any atom is 0.290 e. The van der Waals surface area contributed by atoms with E-state index in [1.54, 1.807) is 72.5 Å². The summed E-state index contributed by atoms with van der Waals surface area (Å²) < 4.78 is 3.71. The highest BCUT2D eigenvalue weighted by molar-refractivity contribution is 9.10. The van der Waals surface area contributed by atoms with Gasteiger partial charge in [0.1, 0.15) is 0 Å². The summed E-state index contributed by atoms with van der Waals surface area (Å²) in [6.45, 7) is 2.08. The third kappa shape index (κ3) is 4.10. The van der Waals surface area contributed by atoms with Crippen molar-refractivity contribution in [2.75, 3.05) is 0 Å². The molecule has 0 aliphatic heterocycles. The lowest BCUT2D eigenvalue weighted by Crippen LogP contribution is -2.42. The molecule has 0 bridgehead atoms. The van der Waals surface area contributed by atoms with Crippen molar-refractivity contribution >= 4 is 38.5 Å². The molecule has 0 saturated carbocycles. The molecule has 0 atom stereocenters. The Bertz CT molecular complexity index is 1340. The van der Waals surface area contributed by atoms with Gasteiger partial charge in [-0.05, 0) is 53.2 Å². The number of halogens is 1. The Kier molecular flexibility index (Phi) is 5.63. The van der Waals surface area contributed by atoms with Gasteiger partial charge in [-0.2, -0.15) is 10.2 Å². The predicted octanol–water partition coefficient (Wildman–Crippen LogP) is 2.44. The first kappa shape index (κ1) is 20.5. The molecule has 0 saturated heterocycles. The van der Waals surface area contributed by atoms with Gasteiger partial charge in [0, 0.05) is 23.7 Å². The van der Waals surface area contributed by atoms with Crippen molar-refractivity contribution in [2.45, 2.75) is 13.5 Å². The molecule has 4 aromatic rings. The third-order valence-electron chi connectivity index (χ3n) is 4.62. The summed E-state index contributed by atoms with van der Waals surface area (Å²) in [4.78, 5) is 37.5. The van der Waals surface area contributed by atoms with Crippen molar-refractivity contribution in [2.24, 2.45) is 0 Å². The van der Waals surface area contributed by atoms with Gasteiger partial charge >= 0.3 is 0 Å². The van der Waals surface area contributed by atoms with Crippen LogP contribution in [0.4, 0.5) is 0 Å². The molecule has 0 spiro atoms. The van der Waals surface area contributed by atoms with Crippen molar-refractivity contribution in [3.63, 3.8) is 0 Å². The van der Waals surface area contributed by atoms with Crippen LogP contribution in [0.5, 0.6) is 0 Å². The lowest BCUT2D eigenvalue weighted by atomic mass is 10.1. The number of nitrogens with zero attached hydrogens (tertiary/aromatic N) is 4. The number of hydrazine groups is 1. The molecule has 9 nitrogen and oxygen atoms in total. The minimum atomic E-state index is -0.621. The van der Waals surface area contributed by atoms with Gasteiger partial charge in [0.05, 0.1) is 21.7 Å². The van der Waals surface area contributed by atoms with Crippen LogP contribution in [0.2, 0.25) is 0 Å². The van der Waals surface area contributed by atoms with Crippen LogP contribution in [0, 0.1) is 0 Å². The van der Waals surface area contributed by atoms with Crippen LogP contribution in [-0.2, 0) is 6.54 Å². The number of aromatic nitrogens is 4. The van der Waals surface area contributed by atoms with Gasteiger partial charge < -0.3 is 0 Å². The zero-order chi connectivity index (χ0) is 22.0. The Morgan fingerprint density at radius 3 is 2.32 bits per heavy atom. The van der Waals surface area contributed by atoms with Crippen molar-refractivity contribution < 1.29 is 9.59 Å². The van der Waals surface area contributed by atoms with Gasteiger partial charge in [0.25, 0.3) is 17.4 Å². The number of aryl methyl sites for hydroxylation is 1. The summed E-state index contributed by atoms with van der Waals surface area (Å²) in [7, 11) is 0. The standard InChI is InChI=1S/C21H17BrN6O3/c1-2-27-21(31)17-6-4-3-5-16(17)18(26-27)20(30)25-24-19(29)13-7-9-15(10-8-13)28-12-14(22)11-23-28/h3-12H,2H2,1H3,(H,24,29)(H,25,30). The first-order valence-electron chi connectivity index (χ1n) is 9.39. The van der Waals surface area contributed by atoms with E-state index in [1.165, 1.54) is 4.68 Å². The Morgan fingerprint density at radius 2 is 1.68 bits per heavy atom. The molecule has 2 N–H and O–H groups in total. The normalized spacial score (nSPS) is 10.8. The average molecular weight is 481 g/mol. The quantitative estimate of drug-likeness (QED) is 0.435. The van der Waals surface area contributed by atoms with Crippen LogP contribution >= 0.6 is 15.9 Å². The van der Waals surface area contributed by atoms with E-state index in [4.69, 9.17) is 0 Å². The highest BCUT2D eigenvalue weighted by atomic mass is 79.9. The highest BCUT2D eigenvalue weighted by Gasteiger charge is 2.17. The van der Waals surface area contributed by atoms with Crippen molar-refractivity contribution in [3.8, 4) is 5.69 Å². The van der Waals surface area contributed by atoms with E-state index >= 15 is 0 Å². The number of rotatable bonds is 4. The minimum absolute atomic E-state index is 0.0527. The van der Waals surface area contributed by atoms with Gasteiger partial charge in [-0.3, -0.25) is 25.2 Å². The number of benzene rings is 2. The number of amides is 2. The molecule has 0 aliphatic rings. The van der Waals surface area contributed by atoms with E-state index in [0.717, 1.165) is 10.2 Å². The number of nitrogens with one attached hydrogen (secondary N) is 2. The van der Waals surface area contributed by atoms with Crippen molar-refractivity contribution in [1.82, 2.24) is 30.4 Å². The summed E-state index contributed by atoms with van der Waals surface area (Å²) in [5, 5.41) is 9.13. The van der Waals surface area contributed by atoms with Crippen LogP contribution in [0.25, 0.3) is 16.5 Å². The fraction of sp³-hybridized carbons (Fsp3) is 0.0952. The topological polar surface area (TPSA) is 111 Å². The average Bonchev–Trinajstić information content (AvgIpc) is 3.24. The van der Waals surface area contributed by atoms with Crippen molar-refractivity contribution in [3.05, 3.63) is 87.0 Å². The number of fused-ring (bicyclic) bond motifs is 1. The smallest absolute Gasteiger partial charge is 0.267 e. The maximum absolute atomic E-state index is 12.7. The van der Waals surface area contributed by atoms with Gasteiger partial charge in [-0.1, -0.05) is 18.2 Å². The Morgan fingerprint density at radius 1 is 1.00 bits per heavy atom. The highest BCUT2D eigenvalue weighted by Crippen LogP contribution is 2.14. The van der Waals surface area contributed by atoms with Gasteiger partial charge in [-0.25, -0.2) is 9.36 Å². The second kappa shape index (κ2) is 8.52. The van der Waals surface area contributed by atoms with Crippen LogP contribution in [-0.4, -0.2) is 31.4 Å². The SMILES string of the molecule is CCn1nc(C(=O)NNC(=O)c2ccc(-n3cc(Br)cn3)cc2)c2ccccc2c1=O. The van der Waals surface area contributed by atoms with Gasteiger partial charge in [0.2, 0.25) is 0 Å². The van der Waals surface area contributed by atoms with Crippen LogP contribution in [0.1, 0.15) is 27.8 Å². The zero-order valence-corrected chi connectivity index (χ0v) is 18.0. The molecule has 2 amide bonds. The van der Waals surface area contributed by atoms with E-state index in [9.17, 15) is 14.4 Å². The number of hydrogen-bond donors (Lipinski definition) is 2. The first-order chi connectivity index (χ1) is 15.0. The van der Waals surface area contributed by atoms with E-state index < -0.39 is 11.8 Å². The molecule has 156 valence electrons. The third-order valence-corrected chi connectivity index (χ3v) is 5.03. The summed E-state index contributed by atoms with van der Waals surface area (Å²) in [6.07, 6.45) is 3.46. The number of hydrogen-bond acceptors (Lipinski definition) is 5. The summed E-state index contributed by atoms with van der Waals surface area (Å²) in [5.74, 6) is -1.11. The van der Waals surface area contributed by atoms with E-state index in [1.807, 2.05) is 0 Å². The van der Waals surface area contributed by atoms with Gasteiger partial charge in [0.15, 0.2) is 5.69 Å². The van der Waals surface area contributed by atoms with Crippen molar-refractivity contribution in [1.29, 1.82) is 0 Å². The summed E-state index contributed by atoms with van der Waals surface area (Å²) in [5.41, 5.74) is 5.66. The molecular formula is C21H17BrN6O3. The Labute approximate surface area is 184 Å². The summed E-state index contributed by atoms with van der Waals surface area (Å²) in [6, 6.07) is 13.4. The molecule has 0 radical (unpaired) electrons. The molecule has 4 rings (SSSR count). The fourth-order valence-corrected chi connectivity index (χ4v) is 3.36. The van der Waals surface area contributed by atoms with E-state index in [-0.39, 0.29) is 11.3 Å². The maximum atomic E-state index is 12.7. The van der Waals surface area contributed by atoms with E-state index in [0.29, 0.717) is 22.9 Å². The Balaban J connectivity index is 1.51. The second-order valence-electron chi connectivity index (χ2n) is 6.57. The minimum Gasteiger partial charge on any atom is -0.267 e. The number of carbonyl (C=O) groups is 2. The molecule has 0 fully saturated rings. The largest absolute Gasteiger partial charge is 0.290 e. The molecule has 2 aromatic heterocycles. The molecule has 0 aliphatic carbocycles. The number of carbonyl (C=O) groups excluding carboxylic acids is 2.